The van der Waals surface area contributed by atoms with Gasteiger partial charge in [-0.3, -0.25) is 9.59 Å². The van der Waals surface area contributed by atoms with Gasteiger partial charge < -0.3 is 15.0 Å². The van der Waals surface area contributed by atoms with E-state index in [-0.39, 0.29) is 24.5 Å². The van der Waals surface area contributed by atoms with Crippen LogP contribution < -0.4 is 10.1 Å². The normalized spacial score (nSPS) is 31.5. The Morgan fingerprint density at radius 1 is 1.03 bits per heavy atom. The molecule has 5 heteroatoms. The summed E-state index contributed by atoms with van der Waals surface area (Å²) < 4.78 is 5.81. The lowest BCUT2D eigenvalue weighted by Crippen LogP contribution is -2.50. The Kier molecular flexibility index (Phi) is 6.18. The minimum absolute atomic E-state index is 0.0363. The van der Waals surface area contributed by atoms with Gasteiger partial charge in [-0.05, 0) is 92.6 Å². The summed E-state index contributed by atoms with van der Waals surface area (Å²) in [7, 11) is 0. The number of nitrogens with zero attached hydrogens (tertiary/aromatic N) is 1. The fourth-order valence-corrected chi connectivity index (χ4v) is 7.57. The fraction of sp³-hybridized carbons (Fsp3) is 0.704. The summed E-state index contributed by atoms with van der Waals surface area (Å²) in [5, 5.41) is 3.32. The molecule has 1 aromatic rings. The van der Waals surface area contributed by atoms with Crippen LogP contribution in [-0.4, -0.2) is 42.5 Å². The lowest BCUT2D eigenvalue weighted by molar-refractivity contribution is -0.134. The average molecular weight is 439 g/mol. The zero-order chi connectivity index (χ0) is 22.1. The predicted octanol–water partition coefficient (Wildman–Crippen LogP) is 4.34. The van der Waals surface area contributed by atoms with Crippen LogP contribution in [-0.2, 0) is 16.0 Å². The van der Waals surface area contributed by atoms with Crippen molar-refractivity contribution >= 4 is 11.8 Å². The van der Waals surface area contributed by atoms with Crippen molar-refractivity contribution in [1.82, 2.24) is 10.2 Å². The Balaban J connectivity index is 1.06. The van der Waals surface area contributed by atoms with Crippen molar-refractivity contribution in [3.8, 4) is 5.75 Å². The van der Waals surface area contributed by atoms with Gasteiger partial charge in [-0.1, -0.05) is 25.1 Å². The molecule has 1 aromatic carbocycles. The molecule has 1 aliphatic heterocycles. The van der Waals surface area contributed by atoms with Gasteiger partial charge >= 0.3 is 0 Å². The van der Waals surface area contributed by atoms with Crippen molar-refractivity contribution in [1.29, 1.82) is 0 Å². The number of carbonyl (C=O) groups is 2. The standard InChI is InChI=1S/C27H38N2O3/c1-2-22-5-3-4-6-24(22)32-18-26(31)29-9-7-23(8-10-29)28-25(30)17-27-14-19-11-20(15-27)13-21(12-19)16-27/h3-6,19-21,23H,2,7-18H2,1H3,(H,28,30). The van der Waals surface area contributed by atoms with E-state index in [0.29, 0.717) is 18.5 Å². The van der Waals surface area contributed by atoms with Crippen molar-refractivity contribution in [3.05, 3.63) is 29.8 Å². The van der Waals surface area contributed by atoms with Crippen molar-refractivity contribution in [2.75, 3.05) is 19.7 Å². The van der Waals surface area contributed by atoms with Crippen LogP contribution in [0.4, 0.5) is 0 Å². The number of ether oxygens (including phenoxy) is 1. The molecule has 0 aromatic heterocycles. The summed E-state index contributed by atoms with van der Waals surface area (Å²) in [6.07, 6.45) is 11.4. The van der Waals surface area contributed by atoms with Crippen molar-refractivity contribution in [3.63, 3.8) is 0 Å². The largest absolute Gasteiger partial charge is 0.483 e. The topological polar surface area (TPSA) is 58.6 Å². The number of rotatable bonds is 7. The van der Waals surface area contributed by atoms with Crippen LogP contribution in [0.3, 0.4) is 0 Å². The van der Waals surface area contributed by atoms with Gasteiger partial charge in [-0.15, -0.1) is 0 Å². The van der Waals surface area contributed by atoms with Crippen LogP contribution in [0, 0.1) is 23.2 Å². The number of para-hydroxylation sites is 1. The molecule has 5 nitrogen and oxygen atoms in total. The van der Waals surface area contributed by atoms with E-state index in [4.69, 9.17) is 4.74 Å². The van der Waals surface area contributed by atoms with Crippen molar-refractivity contribution < 1.29 is 14.3 Å². The second kappa shape index (κ2) is 9.07. The molecule has 1 saturated heterocycles. The highest BCUT2D eigenvalue weighted by molar-refractivity contribution is 5.78. The van der Waals surface area contributed by atoms with E-state index in [1.54, 1.807) is 0 Å². The second-order valence-electron chi connectivity index (χ2n) is 11.1. The van der Waals surface area contributed by atoms with Gasteiger partial charge in [0, 0.05) is 25.6 Å². The Hall–Kier alpha value is -2.04. The molecule has 6 rings (SSSR count). The second-order valence-corrected chi connectivity index (χ2v) is 11.1. The number of nitrogens with one attached hydrogen (secondary N) is 1. The lowest BCUT2D eigenvalue weighted by Gasteiger charge is -2.56. The molecule has 5 fully saturated rings. The van der Waals surface area contributed by atoms with E-state index < -0.39 is 0 Å². The Bertz CT molecular complexity index is 808. The first-order chi connectivity index (χ1) is 15.5. The summed E-state index contributed by atoms with van der Waals surface area (Å²) in [4.78, 5) is 27.4. The Morgan fingerprint density at radius 2 is 1.66 bits per heavy atom. The molecule has 174 valence electrons. The summed E-state index contributed by atoms with van der Waals surface area (Å²) in [6.45, 7) is 3.56. The molecular weight excluding hydrogens is 400 g/mol. The van der Waals surface area contributed by atoms with E-state index in [0.717, 1.165) is 54.7 Å². The van der Waals surface area contributed by atoms with Crippen LogP contribution in [0.15, 0.2) is 24.3 Å². The van der Waals surface area contributed by atoms with Crippen molar-refractivity contribution in [2.24, 2.45) is 23.2 Å². The van der Waals surface area contributed by atoms with Crippen LogP contribution in [0.1, 0.15) is 70.3 Å². The maximum atomic E-state index is 12.9. The SMILES string of the molecule is CCc1ccccc1OCC(=O)N1CCC(NC(=O)CC23CC4CC(CC(C4)C2)C3)CC1. The minimum Gasteiger partial charge on any atom is -0.483 e. The number of piperidine rings is 1. The van der Waals surface area contributed by atoms with E-state index in [1.165, 1.54) is 38.5 Å². The van der Waals surface area contributed by atoms with Crippen LogP contribution >= 0.6 is 0 Å². The summed E-state index contributed by atoms with van der Waals surface area (Å²) >= 11 is 0. The van der Waals surface area contributed by atoms with E-state index in [2.05, 4.69) is 12.2 Å². The van der Waals surface area contributed by atoms with Crippen LogP contribution in [0.25, 0.3) is 0 Å². The first-order valence-corrected chi connectivity index (χ1v) is 12.8. The van der Waals surface area contributed by atoms with E-state index in [9.17, 15) is 9.59 Å². The molecule has 1 heterocycles. The number of amides is 2. The smallest absolute Gasteiger partial charge is 0.260 e. The lowest BCUT2D eigenvalue weighted by atomic mass is 9.49. The van der Waals surface area contributed by atoms with Gasteiger partial charge in [0.1, 0.15) is 5.75 Å². The molecule has 2 amide bonds. The molecule has 0 unspecified atom stereocenters. The zero-order valence-electron chi connectivity index (χ0n) is 19.5. The van der Waals surface area contributed by atoms with Gasteiger partial charge in [-0.25, -0.2) is 0 Å². The van der Waals surface area contributed by atoms with Gasteiger partial charge in [0.25, 0.3) is 5.91 Å². The van der Waals surface area contributed by atoms with E-state index >= 15 is 0 Å². The summed E-state index contributed by atoms with van der Waals surface area (Å²) in [6, 6.07) is 8.10. The molecule has 4 saturated carbocycles. The summed E-state index contributed by atoms with van der Waals surface area (Å²) in [5.41, 5.74) is 1.42. The number of carbonyl (C=O) groups excluding carboxylic acids is 2. The van der Waals surface area contributed by atoms with Gasteiger partial charge in [0.05, 0.1) is 0 Å². The quantitative estimate of drug-likeness (QED) is 0.689. The Morgan fingerprint density at radius 3 is 2.28 bits per heavy atom. The average Bonchev–Trinajstić information content (AvgIpc) is 2.76. The van der Waals surface area contributed by atoms with Crippen LogP contribution in [0.5, 0.6) is 5.75 Å². The molecule has 5 aliphatic rings. The van der Waals surface area contributed by atoms with E-state index in [1.807, 2.05) is 29.2 Å². The molecule has 32 heavy (non-hydrogen) atoms. The first-order valence-electron chi connectivity index (χ1n) is 12.8. The minimum atomic E-state index is 0.0363. The Labute approximate surface area is 192 Å². The number of benzene rings is 1. The maximum Gasteiger partial charge on any atom is 0.260 e. The number of hydrogen-bond donors (Lipinski definition) is 1. The maximum absolute atomic E-state index is 12.9. The highest BCUT2D eigenvalue weighted by Gasteiger charge is 2.51. The third-order valence-electron chi connectivity index (χ3n) is 8.62. The zero-order valence-corrected chi connectivity index (χ0v) is 19.5. The third kappa shape index (κ3) is 4.67. The van der Waals surface area contributed by atoms with Gasteiger partial charge in [0.2, 0.25) is 5.91 Å². The van der Waals surface area contributed by atoms with Crippen LogP contribution in [0.2, 0.25) is 0 Å². The third-order valence-corrected chi connectivity index (χ3v) is 8.62. The molecular formula is C27H38N2O3. The molecule has 4 aliphatic carbocycles. The number of aryl methyl sites for hydroxylation is 1. The predicted molar refractivity (Wildman–Crippen MR) is 124 cm³/mol. The number of hydrogen-bond acceptors (Lipinski definition) is 3. The monoisotopic (exact) mass is 438 g/mol. The molecule has 0 atom stereocenters. The highest BCUT2D eigenvalue weighted by Crippen LogP contribution is 2.61. The summed E-state index contributed by atoms with van der Waals surface area (Å²) in [5.74, 6) is 3.74. The first kappa shape index (κ1) is 21.8. The molecule has 1 N–H and O–H groups in total. The fourth-order valence-electron chi connectivity index (χ4n) is 7.57. The highest BCUT2D eigenvalue weighted by atomic mass is 16.5. The molecule has 4 bridgehead atoms. The van der Waals surface area contributed by atoms with Gasteiger partial charge in [0.15, 0.2) is 6.61 Å². The van der Waals surface area contributed by atoms with Gasteiger partial charge in [-0.2, -0.15) is 0 Å². The molecule has 0 spiro atoms. The molecule has 0 radical (unpaired) electrons. The van der Waals surface area contributed by atoms with Crippen molar-refractivity contribution in [2.45, 2.75) is 77.2 Å². The number of likely N-dealkylation sites (tertiary alicyclic amines) is 1.